The number of fused-ring (bicyclic) bond motifs is 1. The van der Waals surface area contributed by atoms with E-state index in [1.165, 1.54) is 5.56 Å². The minimum Gasteiger partial charge on any atom is -0.279 e. The van der Waals surface area contributed by atoms with Crippen molar-refractivity contribution in [2.45, 2.75) is 24.8 Å². The average molecular weight is 419 g/mol. The Labute approximate surface area is 179 Å². The van der Waals surface area contributed by atoms with E-state index in [0.29, 0.717) is 12.1 Å². The van der Waals surface area contributed by atoms with Crippen LogP contribution in [0.1, 0.15) is 28.4 Å². The summed E-state index contributed by atoms with van der Waals surface area (Å²) in [5, 5.41) is 0.733. The molecule has 0 aliphatic carbocycles. The minimum absolute atomic E-state index is 0.0282. The Morgan fingerprint density at radius 1 is 1.00 bits per heavy atom. The summed E-state index contributed by atoms with van der Waals surface area (Å²) in [6, 6.07) is 24.2. The fourth-order valence-corrected chi connectivity index (χ4v) is 4.68. The predicted molar refractivity (Wildman–Crippen MR) is 124 cm³/mol. The van der Waals surface area contributed by atoms with Crippen LogP contribution in [0.15, 0.2) is 77.7 Å². The quantitative estimate of drug-likeness (QED) is 0.338. The van der Waals surface area contributed by atoms with E-state index < -0.39 is 0 Å². The molecule has 29 heavy (non-hydrogen) atoms. The molecule has 0 aliphatic rings. The number of hydrogen-bond donors (Lipinski definition) is 0. The molecule has 146 valence electrons. The third kappa shape index (κ3) is 4.36. The molecule has 0 saturated heterocycles. The van der Waals surface area contributed by atoms with E-state index in [0.717, 1.165) is 32.2 Å². The summed E-state index contributed by atoms with van der Waals surface area (Å²) in [4.78, 5) is 21.2. The van der Waals surface area contributed by atoms with Gasteiger partial charge in [0.15, 0.2) is 5.13 Å². The van der Waals surface area contributed by atoms with E-state index in [2.05, 4.69) is 19.1 Å². The molecule has 0 saturated carbocycles. The summed E-state index contributed by atoms with van der Waals surface area (Å²) in [6.07, 6.45) is 3.00. The molecular weight excluding hydrogens is 396 g/mol. The van der Waals surface area contributed by atoms with E-state index in [1.54, 1.807) is 28.0 Å². The maximum atomic E-state index is 13.5. The van der Waals surface area contributed by atoms with Crippen LogP contribution in [-0.4, -0.2) is 17.1 Å². The zero-order chi connectivity index (χ0) is 20.2. The maximum Gasteiger partial charge on any atom is 0.260 e. The smallest absolute Gasteiger partial charge is 0.260 e. The first-order chi connectivity index (χ1) is 14.2. The maximum absolute atomic E-state index is 13.5. The summed E-state index contributed by atoms with van der Waals surface area (Å²) in [7, 11) is 0. The standard InChI is InChI=1S/C24H22N2OS2/c1-3-17-12-13-21-22(14-17)29-24(25-21)26(16-18-8-5-4-6-9-18)23(27)19-10-7-11-20(15-19)28-2/h4-15H,3,16H2,1-2H3. The minimum atomic E-state index is -0.0282. The molecule has 5 heteroatoms. The van der Waals surface area contributed by atoms with Gasteiger partial charge in [-0.3, -0.25) is 9.69 Å². The predicted octanol–water partition coefficient (Wildman–Crippen LogP) is 6.43. The molecule has 0 fully saturated rings. The Hall–Kier alpha value is -2.63. The molecule has 1 amide bonds. The second-order valence-corrected chi connectivity index (χ2v) is 8.65. The van der Waals surface area contributed by atoms with Crippen molar-refractivity contribution in [2.24, 2.45) is 0 Å². The lowest BCUT2D eigenvalue weighted by atomic mass is 10.1. The van der Waals surface area contributed by atoms with Gasteiger partial charge in [-0.2, -0.15) is 0 Å². The molecule has 0 atom stereocenters. The number of rotatable bonds is 6. The lowest BCUT2D eigenvalue weighted by molar-refractivity contribution is 0.0985. The molecule has 1 aromatic heterocycles. The molecule has 0 unspecified atom stereocenters. The summed E-state index contributed by atoms with van der Waals surface area (Å²) in [6.45, 7) is 2.64. The van der Waals surface area contributed by atoms with Crippen molar-refractivity contribution in [3.05, 3.63) is 89.5 Å². The van der Waals surface area contributed by atoms with Crippen LogP contribution in [-0.2, 0) is 13.0 Å². The Morgan fingerprint density at radius 2 is 1.83 bits per heavy atom. The number of thiazole rings is 1. The van der Waals surface area contributed by atoms with Gasteiger partial charge in [0, 0.05) is 10.5 Å². The number of anilines is 1. The van der Waals surface area contributed by atoms with Gasteiger partial charge in [-0.05, 0) is 54.1 Å². The van der Waals surface area contributed by atoms with Crippen LogP contribution in [0.25, 0.3) is 10.2 Å². The van der Waals surface area contributed by atoms with E-state index in [9.17, 15) is 4.79 Å². The molecule has 0 aliphatic heterocycles. The number of benzene rings is 3. The van der Waals surface area contributed by atoms with Crippen molar-refractivity contribution in [3.63, 3.8) is 0 Å². The van der Waals surface area contributed by atoms with Crippen molar-refractivity contribution in [2.75, 3.05) is 11.2 Å². The molecule has 3 nitrogen and oxygen atoms in total. The van der Waals surface area contributed by atoms with Crippen LogP contribution in [0.4, 0.5) is 5.13 Å². The van der Waals surface area contributed by atoms with Crippen molar-refractivity contribution in [1.82, 2.24) is 4.98 Å². The second kappa shape index (κ2) is 8.80. The largest absolute Gasteiger partial charge is 0.279 e. The molecule has 0 spiro atoms. The highest BCUT2D eigenvalue weighted by molar-refractivity contribution is 7.98. The van der Waals surface area contributed by atoms with Crippen LogP contribution in [0, 0.1) is 0 Å². The van der Waals surface area contributed by atoms with Gasteiger partial charge in [0.05, 0.1) is 16.8 Å². The molecule has 0 radical (unpaired) electrons. The average Bonchev–Trinajstić information content (AvgIpc) is 3.20. The Morgan fingerprint density at radius 3 is 2.59 bits per heavy atom. The molecule has 1 heterocycles. The lowest BCUT2D eigenvalue weighted by Gasteiger charge is -2.20. The third-order valence-corrected chi connectivity index (χ3v) is 6.59. The fraction of sp³-hybridized carbons (Fsp3) is 0.167. The zero-order valence-electron chi connectivity index (χ0n) is 16.5. The van der Waals surface area contributed by atoms with Gasteiger partial charge >= 0.3 is 0 Å². The van der Waals surface area contributed by atoms with Crippen LogP contribution >= 0.6 is 23.1 Å². The summed E-state index contributed by atoms with van der Waals surface area (Å²) < 4.78 is 1.11. The molecule has 4 aromatic rings. The Kier molecular flexibility index (Phi) is 5.97. The zero-order valence-corrected chi connectivity index (χ0v) is 18.1. The van der Waals surface area contributed by atoms with E-state index in [-0.39, 0.29) is 5.91 Å². The molecule has 3 aromatic carbocycles. The first-order valence-corrected chi connectivity index (χ1v) is 11.6. The number of hydrogen-bond acceptors (Lipinski definition) is 4. The number of thioether (sulfide) groups is 1. The normalized spacial score (nSPS) is 11.0. The van der Waals surface area contributed by atoms with Gasteiger partial charge in [0.25, 0.3) is 5.91 Å². The van der Waals surface area contributed by atoms with Gasteiger partial charge in [0.1, 0.15) is 0 Å². The first-order valence-electron chi connectivity index (χ1n) is 9.57. The van der Waals surface area contributed by atoms with E-state index in [1.807, 2.05) is 66.9 Å². The third-order valence-electron chi connectivity index (χ3n) is 4.83. The monoisotopic (exact) mass is 418 g/mol. The summed E-state index contributed by atoms with van der Waals surface area (Å²) in [5.74, 6) is -0.0282. The number of amides is 1. The molecule has 0 bridgehead atoms. The van der Waals surface area contributed by atoms with Crippen molar-refractivity contribution >= 4 is 44.4 Å². The van der Waals surface area contributed by atoms with Gasteiger partial charge in [0.2, 0.25) is 0 Å². The van der Waals surface area contributed by atoms with Gasteiger partial charge in [-0.25, -0.2) is 4.98 Å². The Bertz CT molecular complexity index is 1140. The van der Waals surface area contributed by atoms with Crippen molar-refractivity contribution in [3.8, 4) is 0 Å². The van der Waals surface area contributed by atoms with Gasteiger partial charge in [-0.1, -0.05) is 60.7 Å². The molecule has 0 N–H and O–H groups in total. The summed E-state index contributed by atoms with van der Waals surface area (Å²) in [5.41, 5.74) is 3.98. The molecular formula is C24H22N2OS2. The van der Waals surface area contributed by atoms with Crippen LogP contribution < -0.4 is 4.90 Å². The van der Waals surface area contributed by atoms with Crippen LogP contribution in [0.2, 0.25) is 0 Å². The van der Waals surface area contributed by atoms with E-state index >= 15 is 0 Å². The van der Waals surface area contributed by atoms with Gasteiger partial charge in [-0.15, -0.1) is 11.8 Å². The van der Waals surface area contributed by atoms with Gasteiger partial charge < -0.3 is 0 Å². The fourth-order valence-electron chi connectivity index (χ4n) is 3.20. The highest BCUT2D eigenvalue weighted by Gasteiger charge is 2.22. The SMILES string of the molecule is CCc1ccc2nc(N(Cc3ccccc3)C(=O)c3cccc(SC)c3)sc2c1. The number of aromatic nitrogens is 1. The van der Waals surface area contributed by atoms with Crippen LogP contribution in [0.3, 0.4) is 0 Å². The Balaban J connectivity index is 1.76. The number of nitrogens with zero attached hydrogens (tertiary/aromatic N) is 2. The number of aryl methyl sites for hydroxylation is 1. The van der Waals surface area contributed by atoms with Crippen molar-refractivity contribution in [1.29, 1.82) is 0 Å². The van der Waals surface area contributed by atoms with E-state index in [4.69, 9.17) is 4.98 Å². The number of carbonyl (C=O) groups is 1. The number of carbonyl (C=O) groups excluding carboxylic acids is 1. The summed E-state index contributed by atoms with van der Waals surface area (Å²) >= 11 is 3.21. The lowest BCUT2D eigenvalue weighted by Crippen LogP contribution is -2.30. The highest BCUT2D eigenvalue weighted by atomic mass is 32.2. The highest BCUT2D eigenvalue weighted by Crippen LogP contribution is 2.32. The first kappa shape index (κ1) is 19.7. The van der Waals surface area contributed by atoms with Crippen molar-refractivity contribution < 1.29 is 4.79 Å². The topological polar surface area (TPSA) is 33.2 Å². The second-order valence-electron chi connectivity index (χ2n) is 6.76. The molecule has 4 rings (SSSR count). The van der Waals surface area contributed by atoms with Crippen LogP contribution in [0.5, 0.6) is 0 Å².